The number of rotatable bonds is 12. The van der Waals surface area contributed by atoms with Gasteiger partial charge in [-0.3, -0.25) is 0 Å². The molecule has 0 radical (unpaired) electrons. The van der Waals surface area contributed by atoms with Gasteiger partial charge in [-0.1, -0.05) is 82.9 Å². The summed E-state index contributed by atoms with van der Waals surface area (Å²) in [5, 5.41) is 11.7. The van der Waals surface area contributed by atoms with E-state index in [1.807, 2.05) is 30.3 Å². The van der Waals surface area contributed by atoms with Gasteiger partial charge in [-0.05, 0) is 18.6 Å². The van der Waals surface area contributed by atoms with Crippen LogP contribution in [0.5, 0.6) is 5.75 Å². The van der Waals surface area contributed by atoms with Crippen LogP contribution in [-0.2, 0) is 0 Å². The summed E-state index contributed by atoms with van der Waals surface area (Å²) in [4.78, 5) is 0. The molecule has 0 heterocycles. The van der Waals surface area contributed by atoms with Gasteiger partial charge in [0.2, 0.25) is 0 Å². The van der Waals surface area contributed by atoms with Crippen molar-refractivity contribution in [3.05, 3.63) is 30.3 Å². The van der Waals surface area contributed by atoms with E-state index in [2.05, 4.69) is 6.92 Å². The van der Waals surface area contributed by atoms with Gasteiger partial charge >= 0.3 is 29.6 Å². The molecular weight excluding hydrogens is 271 g/mol. The van der Waals surface area contributed by atoms with Crippen LogP contribution >= 0.6 is 0 Å². The SMILES string of the molecule is CCCCCCCCCCCC([O-])Oc1ccccc1.[Na+]. The smallest absolute Gasteiger partial charge is 0.821 e. The maximum atomic E-state index is 11.7. The van der Waals surface area contributed by atoms with E-state index in [9.17, 15) is 5.11 Å². The van der Waals surface area contributed by atoms with Gasteiger partial charge < -0.3 is 9.84 Å². The molecule has 0 aliphatic rings. The van der Waals surface area contributed by atoms with Crippen molar-refractivity contribution < 1.29 is 39.4 Å². The van der Waals surface area contributed by atoms with Crippen molar-refractivity contribution in [3.63, 3.8) is 0 Å². The average molecular weight is 300 g/mol. The van der Waals surface area contributed by atoms with Gasteiger partial charge in [-0.2, -0.15) is 0 Å². The topological polar surface area (TPSA) is 32.3 Å². The third-order valence-electron chi connectivity index (χ3n) is 3.55. The van der Waals surface area contributed by atoms with Crippen LogP contribution in [0.3, 0.4) is 0 Å². The summed E-state index contributed by atoms with van der Waals surface area (Å²) in [6.45, 7) is 2.25. The van der Waals surface area contributed by atoms with Crippen LogP contribution in [0.4, 0.5) is 0 Å². The van der Waals surface area contributed by atoms with Gasteiger partial charge in [-0.15, -0.1) is 0 Å². The van der Waals surface area contributed by atoms with Crippen LogP contribution in [0.15, 0.2) is 30.3 Å². The summed E-state index contributed by atoms with van der Waals surface area (Å²) in [5.74, 6) is 0.684. The molecule has 0 aliphatic carbocycles. The van der Waals surface area contributed by atoms with E-state index in [1.54, 1.807) is 0 Å². The molecule has 0 spiro atoms. The third kappa shape index (κ3) is 12.2. The van der Waals surface area contributed by atoms with Crippen molar-refractivity contribution >= 4 is 0 Å². The van der Waals surface area contributed by atoms with Crippen LogP contribution in [0, 0.1) is 0 Å². The molecule has 0 amide bonds. The quantitative estimate of drug-likeness (QED) is 0.334. The Kier molecular flexibility index (Phi) is 14.9. The molecule has 1 unspecified atom stereocenters. The zero-order valence-electron chi connectivity index (χ0n) is 13.9. The van der Waals surface area contributed by atoms with Crippen LogP contribution in [0.25, 0.3) is 0 Å². The maximum absolute atomic E-state index is 11.7. The Labute approximate surface area is 152 Å². The zero-order chi connectivity index (χ0) is 14.5. The van der Waals surface area contributed by atoms with Gasteiger partial charge in [0.05, 0.1) is 0 Å². The Hall–Kier alpha value is -0.0200. The molecule has 0 saturated heterocycles. The summed E-state index contributed by atoms with van der Waals surface area (Å²) in [6, 6.07) is 9.37. The molecule has 2 nitrogen and oxygen atoms in total. The summed E-state index contributed by atoms with van der Waals surface area (Å²) < 4.78 is 5.33. The molecule has 21 heavy (non-hydrogen) atoms. The molecule has 0 N–H and O–H groups in total. The van der Waals surface area contributed by atoms with E-state index < -0.39 is 6.29 Å². The molecule has 0 fully saturated rings. The van der Waals surface area contributed by atoms with Crippen molar-refractivity contribution in [1.82, 2.24) is 0 Å². The second-order valence-electron chi connectivity index (χ2n) is 5.48. The number of para-hydroxylation sites is 1. The Morgan fingerprint density at radius 3 is 1.95 bits per heavy atom. The van der Waals surface area contributed by atoms with Crippen molar-refractivity contribution in [2.45, 2.75) is 77.4 Å². The molecule has 0 aromatic heterocycles. The number of benzene rings is 1. The Morgan fingerprint density at radius 1 is 0.857 bits per heavy atom. The average Bonchev–Trinajstić information content (AvgIpc) is 2.46. The first-order valence-electron chi connectivity index (χ1n) is 8.20. The number of ether oxygens (including phenoxy) is 1. The minimum Gasteiger partial charge on any atom is -0.821 e. The second kappa shape index (κ2) is 14.9. The van der Waals surface area contributed by atoms with Gasteiger partial charge in [0.25, 0.3) is 0 Å². The van der Waals surface area contributed by atoms with Crippen molar-refractivity contribution in [2.24, 2.45) is 0 Å². The molecule has 1 rings (SSSR count). The molecule has 0 saturated carbocycles. The first-order chi connectivity index (χ1) is 9.83. The molecule has 1 aromatic rings. The number of hydrogen-bond acceptors (Lipinski definition) is 2. The standard InChI is InChI=1S/C18H29O2.Na/c1-2-3-4-5-6-7-8-9-13-16-18(19)20-17-14-11-10-12-15-17;/h10-12,14-15,18H,2-9,13,16H2,1H3;/q-1;+1. The van der Waals surface area contributed by atoms with Crippen molar-refractivity contribution in [2.75, 3.05) is 0 Å². The fourth-order valence-electron chi connectivity index (χ4n) is 2.33. The number of hydrogen-bond donors (Lipinski definition) is 0. The molecule has 1 aromatic carbocycles. The Balaban J connectivity index is 0.00000400. The fraction of sp³-hybridized carbons (Fsp3) is 0.667. The molecule has 114 valence electrons. The van der Waals surface area contributed by atoms with Crippen LogP contribution in [0.2, 0.25) is 0 Å². The maximum Gasteiger partial charge on any atom is 1.00 e. The van der Waals surface area contributed by atoms with E-state index in [-0.39, 0.29) is 29.6 Å². The minimum absolute atomic E-state index is 0. The van der Waals surface area contributed by atoms with Gasteiger partial charge in [0.15, 0.2) is 0 Å². The fourth-order valence-corrected chi connectivity index (χ4v) is 2.33. The minimum atomic E-state index is -0.915. The zero-order valence-corrected chi connectivity index (χ0v) is 15.9. The molecule has 0 aliphatic heterocycles. The van der Waals surface area contributed by atoms with Gasteiger partial charge in [0.1, 0.15) is 5.75 Å². The molecule has 0 bridgehead atoms. The van der Waals surface area contributed by atoms with E-state index in [1.165, 1.54) is 44.9 Å². The molecular formula is C18H29NaO2. The van der Waals surface area contributed by atoms with Crippen LogP contribution in [0.1, 0.15) is 71.1 Å². The van der Waals surface area contributed by atoms with Crippen LogP contribution in [-0.4, -0.2) is 6.29 Å². The summed E-state index contributed by atoms with van der Waals surface area (Å²) in [6.07, 6.45) is 11.2. The third-order valence-corrected chi connectivity index (χ3v) is 3.55. The van der Waals surface area contributed by atoms with E-state index >= 15 is 0 Å². The van der Waals surface area contributed by atoms with E-state index in [0.717, 1.165) is 12.8 Å². The molecule has 3 heteroatoms. The normalized spacial score (nSPS) is 11.7. The Bertz CT molecular complexity index is 316. The summed E-state index contributed by atoms with van der Waals surface area (Å²) in [5.41, 5.74) is 0. The van der Waals surface area contributed by atoms with Crippen molar-refractivity contribution in [3.8, 4) is 5.75 Å². The summed E-state index contributed by atoms with van der Waals surface area (Å²) in [7, 11) is 0. The first kappa shape index (κ1) is 21.0. The van der Waals surface area contributed by atoms with Crippen molar-refractivity contribution in [1.29, 1.82) is 0 Å². The largest absolute Gasteiger partial charge is 1.00 e. The predicted molar refractivity (Wildman–Crippen MR) is 82.7 cm³/mol. The van der Waals surface area contributed by atoms with Gasteiger partial charge in [0, 0.05) is 6.29 Å². The monoisotopic (exact) mass is 300 g/mol. The first-order valence-corrected chi connectivity index (χ1v) is 8.20. The van der Waals surface area contributed by atoms with Crippen LogP contribution < -0.4 is 39.4 Å². The summed E-state index contributed by atoms with van der Waals surface area (Å²) >= 11 is 0. The van der Waals surface area contributed by atoms with E-state index in [0.29, 0.717) is 12.2 Å². The van der Waals surface area contributed by atoms with E-state index in [4.69, 9.17) is 4.74 Å². The molecule has 1 atom stereocenters. The second-order valence-corrected chi connectivity index (χ2v) is 5.48. The van der Waals surface area contributed by atoms with Gasteiger partial charge in [-0.25, -0.2) is 0 Å². The number of unbranched alkanes of at least 4 members (excludes halogenated alkanes) is 8. The Morgan fingerprint density at radius 2 is 1.38 bits per heavy atom. The predicted octanol–water partition coefficient (Wildman–Crippen LogP) is 1.68.